The van der Waals surface area contributed by atoms with Crippen molar-refractivity contribution in [2.45, 2.75) is 31.8 Å². The quantitative estimate of drug-likeness (QED) is 0.377. The van der Waals surface area contributed by atoms with Crippen LogP contribution in [0.15, 0.2) is 72.8 Å². The van der Waals surface area contributed by atoms with Gasteiger partial charge in [0.2, 0.25) is 0 Å². The molecule has 0 amide bonds. The maximum Gasteiger partial charge on any atom is 0.127 e. The number of aliphatic hydroxyl groups excluding tert-OH is 1. The number of benzene rings is 3. The number of halogens is 2. The molecule has 1 atom stereocenters. The van der Waals surface area contributed by atoms with Crippen molar-refractivity contribution in [1.82, 2.24) is 4.90 Å². The smallest absolute Gasteiger partial charge is 0.127 e. The molecule has 1 heterocycles. The number of aryl methyl sites for hydroxylation is 1. The van der Waals surface area contributed by atoms with Crippen molar-refractivity contribution >= 4 is 30.5 Å². The Labute approximate surface area is 214 Å². The molecule has 1 aliphatic heterocycles. The fourth-order valence-electron chi connectivity index (χ4n) is 4.19. The number of ether oxygens (including phenoxy) is 2. The first kappa shape index (κ1) is 27.8. The zero-order valence-electron chi connectivity index (χ0n) is 19.4. The van der Waals surface area contributed by atoms with Crippen LogP contribution in [-0.2, 0) is 0 Å². The molecule has 0 bridgehead atoms. The molecule has 34 heavy (non-hydrogen) atoms. The summed E-state index contributed by atoms with van der Waals surface area (Å²) in [4.78, 5) is 2.32. The summed E-state index contributed by atoms with van der Waals surface area (Å²) in [5.41, 5.74) is 8.87. The summed E-state index contributed by atoms with van der Waals surface area (Å²) >= 11 is 0. The lowest BCUT2D eigenvalue weighted by Crippen LogP contribution is -2.40. The van der Waals surface area contributed by atoms with E-state index in [4.69, 9.17) is 15.2 Å². The summed E-state index contributed by atoms with van der Waals surface area (Å²) in [7, 11) is 0. The molecule has 3 aromatic rings. The molecule has 1 saturated heterocycles. The van der Waals surface area contributed by atoms with Crippen LogP contribution in [0.25, 0.3) is 0 Å². The molecule has 0 saturated carbocycles. The van der Waals surface area contributed by atoms with Crippen molar-refractivity contribution in [1.29, 1.82) is 0 Å². The summed E-state index contributed by atoms with van der Waals surface area (Å²) in [6, 6.07) is 23.9. The SMILES string of the molecule is Cc1ccc(N)cc1OC[C@H](O)CN1CCC(c2ccc(Oc3ccccc3)cc2)CC1.Cl.Cl. The second kappa shape index (κ2) is 13.4. The van der Waals surface area contributed by atoms with E-state index in [1.807, 2.05) is 67.6 Å². The van der Waals surface area contributed by atoms with Gasteiger partial charge in [-0.2, -0.15) is 0 Å². The van der Waals surface area contributed by atoms with Gasteiger partial charge in [0.05, 0.1) is 0 Å². The van der Waals surface area contributed by atoms with Crippen LogP contribution in [-0.4, -0.2) is 42.4 Å². The van der Waals surface area contributed by atoms with Gasteiger partial charge in [0, 0.05) is 18.3 Å². The third-order valence-corrected chi connectivity index (χ3v) is 6.03. The van der Waals surface area contributed by atoms with Gasteiger partial charge in [-0.3, -0.25) is 0 Å². The Kier molecular flexibility index (Phi) is 11.0. The summed E-state index contributed by atoms with van der Waals surface area (Å²) in [5, 5.41) is 10.4. The van der Waals surface area contributed by atoms with Gasteiger partial charge >= 0.3 is 0 Å². The zero-order valence-corrected chi connectivity index (χ0v) is 21.1. The third kappa shape index (κ3) is 7.81. The molecule has 0 aliphatic carbocycles. The second-order valence-corrected chi connectivity index (χ2v) is 8.55. The molecule has 4 rings (SSSR count). The van der Waals surface area contributed by atoms with E-state index in [-0.39, 0.29) is 31.4 Å². The highest BCUT2D eigenvalue weighted by Crippen LogP contribution is 2.30. The monoisotopic (exact) mass is 504 g/mol. The highest BCUT2D eigenvalue weighted by molar-refractivity contribution is 5.85. The number of hydrogen-bond acceptors (Lipinski definition) is 5. The molecular formula is C27H34Cl2N2O3. The number of hydrogen-bond donors (Lipinski definition) is 2. The Hall–Kier alpha value is -2.44. The van der Waals surface area contributed by atoms with Crippen molar-refractivity contribution in [3.05, 3.63) is 83.9 Å². The summed E-state index contributed by atoms with van der Waals surface area (Å²) in [5.74, 6) is 2.99. The lowest BCUT2D eigenvalue weighted by atomic mass is 9.89. The molecule has 0 radical (unpaired) electrons. The minimum Gasteiger partial charge on any atom is -0.490 e. The molecule has 184 valence electrons. The van der Waals surface area contributed by atoms with Crippen LogP contribution in [0.3, 0.4) is 0 Å². The summed E-state index contributed by atoms with van der Waals surface area (Å²) < 4.78 is 11.7. The number of nitrogens with two attached hydrogens (primary N) is 1. The molecular weight excluding hydrogens is 471 g/mol. The number of anilines is 1. The molecule has 1 aliphatic rings. The van der Waals surface area contributed by atoms with E-state index in [1.165, 1.54) is 5.56 Å². The summed E-state index contributed by atoms with van der Waals surface area (Å²) in [6.45, 7) is 4.82. The normalized spacial score (nSPS) is 15.0. The number of piperidine rings is 1. The Balaban J connectivity index is 0.00000204. The van der Waals surface area contributed by atoms with Crippen LogP contribution in [0.5, 0.6) is 17.2 Å². The average molecular weight is 505 g/mol. The Morgan fingerprint density at radius 1 is 0.941 bits per heavy atom. The van der Waals surface area contributed by atoms with E-state index in [9.17, 15) is 5.11 Å². The van der Waals surface area contributed by atoms with Crippen molar-refractivity contribution in [2.24, 2.45) is 0 Å². The molecule has 3 aromatic carbocycles. The summed E-state index contributed by atoms with van der Waals surface area (Å²) in [6.07, 6.45) is 1.64. The number of para-hydroxylation sites is 1. The van der Waals surface area contributed by atoms with Crippen LogP contribution in [0.4, 0.5) is 5.69 Å². The van der Waals surface area contributed by atoms with Crippen molar-refractivity contribution in [3.63, 3.8) is 0 Å². The molecule has 0 unspecified atom stereocenters. The molecule has 1 fully saturated rings. The fourth-order valence-corrected chi connectivity index (χ4v) is 4.19. The van der Waals surface area contributed by atoms with Gasteiger partial charge < -0.3 is 25.2 Å². The van der Waals surface area contributed by atoms with E-state index >= 15 is 0 Å². The standard InChI is InChI=1S/C27H32N2O3.2ClH/c1-20-7-10-23(28)17-27(20)31-19-24(30)18-29-15-13-22(14-16-29)21-8-11-26(12-9-21)32-25-5-3-2-4-6-25;;/h2-12,17,22,24,30H,13-16,18-19,28H2,1H3;2*1H/t24-;;/m1../s1. The van der Waals surface area contributed by atoms with Gasteiger partial charge in [-0.25, -0.2) is 0 Å². The van der Waals surface area contributed by atoms with Crippen LogP contribution >= 0.6 is 24.8 Å². The highest BCUT2D eigenvalue weighted by atomic mass is 35.5. The third-order valence-electron chi connectivity index (χ3n) is 6.03. The first-order valence-electron chi connectivity index (χ1n) is 11.3. The minimum absolute atomic E-state index is 0. The van der Waals surface area contributed by atoms with Crippen LogP contribution in [0.1, 0.15) is 29.9 Å². The van der Waals surface area contributed by atoms with Crippen molar-refractivity contribution in [3.8, 4) is 17.2 Å². The first-order valence-corrected chi connectivity index (χ1v) is 11.3. The molecule has 0 spiro atoms. The van der Waals surface area contributed by atoms with E-state index in [2.05, 4.69) is 17.0 Å². The lowest BCUT2D eigenvalue weighted by molar-refractivity contribution is 0.0592. The Bertz CT molecular complexity index is 995. The first-order chi connectivity index (χ1) is 15.6. The number of nitrogen functional groups attached to an aromatic ring is 1. The predicted molar refractivity (Wildman–Crippen MR) is 143 cm³/mol. The highest BCUT2D eigenvalue weighted by Gasteiger charge is 2.22. The topological polar surface area (TPSA) is 68.0 Å². The van der Waals surface area contributed by atoms with Gasteiger partial charge in [0.15, 0.2) is 0 Å². The second-order valence-electron chi connectivity index (χ2n) is 8.55. The molecule has 5 nitrogen and oxygen atoms in total. The Morgan fingerprint density at radius 3 is 2.26 bits per heavy atom. The molecule has 0 aromatic heterocycles. The largest absolute Gasteiger partial charge is 0.490 e. The molecule has 3 N–H and O–H groups in total. The maximum atomic E-state index is 10.4. The van der Waals surface area contributed by atoms with Gasteiger partial charge in [0.1, 0.15) is 30.0 Å². The number of nitrogens with zero attached hydrogens (tertiary/aromatic N) is 1. The van der Waals surface area contributed by atoms with Crippen molar-refractivity contribution < 1.29 is 14.6 Å². The Morgan fingerprint density at radius 2 is 1.59 bits per heavy atom. The van der Waals surface area contributed by atoms with E-state index in [1.54, 1.807) is 0 Å². The van der Waals surface area contributed by atoms with E-state index < -0.39 is 6.10 Å². The van der Waals surface area contributed by atoms with Gasteiger partial charge in [0.25, 0.3) is 0 Å². The predicted octanol–water partition coefficient (Wildman–Crippen LogP) is 5.83. The molecule has 7 heteroatoms. The number of β-amino-alcohol motifs (C(OH)–C–C–N with tert-alkyl or cyclic N) is 1. The van der Waals surface area contributed by atoms with Crippen LogP contribution < -0.4 is 15.2 Å². The van der Waals surface area contributed by atoms with Gasteiger partial charge in [-0.1, -0.05) is 36.4 Å². The van der Waals surface area contributed by atoms with Crippen LogP contribution in [0, 0.1) is 6.92 Å². The average Bonchev–Trinajstić information content (AvgIpc) is 2.81. The number of likely N-dealkylation sites (tertiary alicyclic amines) is 1. The number of rotatable bonds is 8. The maximum absolute atomic E-state index is 10.4. The van der Waals surface area contributed by atoms with E-state index in [0.29, 0.717) is 18.2 Å². The van der Waals surface area contributed by atoms with Gasteiger partial charge in [-0.15, -0.1) is 24.8 Å². The van der Waals surface area contributed by atoms with Gasteiger partial charge in [-0.05, 0) is 80.2 Å². The zero-order chi connectivity index (χ0) is 22.3. The lowest BCUT2D eigenvalue weighted by Gasteiger charge is -2.33. The van der Waals surface area contributed by atoms with Crippen LogP contribution in [0.2, 0.25) is 0 Å². The number of aliphatic hydroxyl groups is 1. The van der Waals surface area contributed by atoms with E-state index in [0.717, 1.165) is 48.7 Å². The van der Waals surface area contributed by atoms with Crippen molar-refractivity contribution in [2.75, 3.05) is 32.0 Å². The fraction of sp³-hybridized carbons (Fsp3) is 0.333. The minimum atomic E-state index is -0.526.